The molecule has 1 N–H and O–H groups in total. The summed E-state index contributed by atoms with van der Waals surface area (Å²) in [5.74, 6) is 1.19. The maximum Gasteiger partial charge on any atom is 0.331 e. The third-order valence-electron chi connectivity index (χ3n) is 4.45. The average Bonchev–Trinajstić information content (AvgIpc) is 2.34. The van der Waals surface area contributed by atoms with Gasteiger partial charge in [0.1, 0.15) is 0 Å². The molecule has 3 aliphatic rings. The fourth-order valence-electron chi connectivity index (χ4n) is 3.75. The van der Waals surface area contributed by atoms with Gasteiger partial charge in [0.2, 0.25) is 0 Å². The molecule has 0 aromatic carbocycles. The Kier molecular flexibility index (Phi) is 1.73. The SMILES string of the molecule is O=C(O)C1=C2CCCCC2C2CCC12. The van der Waals surface area contributed by atoms with Crippen LogP contribution in [0.15, 0.2) is 11.1 Å². The van der Waals surface area contributed by atoms with Gasteiger partial charge in [-0.05, 0) is 49.9 Å². The van der Waals surface area contributed by atoms with Gasteiger partial charge in [0.05, 0.1) is 0 Å². The van der Waals surface area contributed by atoms with E-state index in [1.807, 2.05) is 0 Å². The van der Waals surface area contributed by atoms with Gasteiger partial charge >= 0.3 is 5.97 Å². The molecule has 0 aromatic heterocycles. The highest BCUT2D eigenvalue weighted by atomic mass is 16.4. The van der Waals surface area contributed by atoms with Gasteiger partial charge in [-0.25, -0.2) is 4.79 Å². The van der Waals surface area contributed by atoms with E-state index < -0.39 is 5.97 Å². The minimum Gasteiger partial charge on any atom is -0.478 e. The summed E-state index contributed by atoms with van der Waals surface area (Å²) in [6.45, 7) is 0. The van der Waals surface area contributed by atoms with Crippen LogP contribution in [0.1, 0.15) is 38.5 Å². The Bertz CT molecular complexity index is 316. The van der Waals surface area contributed by atoms with Gasteiger partial charge in [-0.15, -0.1) is 0 Å². The monoisotopic (exact) mass is 192 g/mol. The van der Waals surface area contributed by atoms with Crippen molar-refractivity contribution in [3.8, 4) is 0 Å². The summed E-state index contributed by atoms with van der Waals surface area (Å²) in [6, 6.07) is 0. The van der Waals surface area contributed by atoms with E-state index in [9.17, 15) is 9.90 Å². The molecule has 0 spiro atoms. The van der Waals surface area contributed by atoms with Crippen LogP contribution in [0.4, 0.5) is 0 Å². The van der Waals surface area contributed by atoms with Crippen LogP contribution < -0.4 is 0 Å². The molecule has 0 radical (unpaired) electrons. The highest BCUT2D eigenvalue weighted by Gasteiger charge is 2.49. The molecule has 3 aliphatic carbocycles. The first-order valence-electron chi connectivity index (χ1n) is 5.75. The number of hydrogen-bond acceptors (Lipinski definition) is 1. The van der Waals surface area contributed by atoms with Crippen molar-refractivity contribution in [3.05, 3.63) is 11.1 Å². The molecule has 0 amide bonds. The molecule has 2 nitrogen and oxygen atoms in total. The van der Waals surface area contributed by atoms with Crippen molar-refractivity contribution in [3.63, 3.8) is 0 Å². The fourth-order valence-corrected chi connectivity index (χ4v) is 3.75. The Morgan fingerprint density at radius 3 is 2.64 bits per heavy atom. The highest BCUT2D eigenvalue weighted by Crippen LogP contribution is 2.57. The van der Waals surface area contributed by atoms with Crippen LogP contribution in [-0.2, 0) is 4.79 Å². The van der Waals surface area contributed by atoms with Crippen molar-refractivity contribution in [1.29, 1.82) is 0 Å². The summed E-state index contributed by atoms with van der Waals surface area (Å²) in [6.07, 6.45) is 7.25. The number of carbonyl (C=O) groups is 1. The number of allylic oxidation sites excluding steroid dienone is 1. The highest BCUT2D eigenvalue weighted by molar-refractivity contribution is 5.89. The van der Waals surface area contributed by atoms with Crippen molar-refractivity contribution in [2.24, 2.45) is 17.8 Å². The van der Waals surface area contributed by atoms with E-state index in [-0.39, 0.29) is 0 Å². The molecule has 0 aromatic rings. The summed E-state index contributed by atoms with van der Waals surface area (Å²) < 4.78 is 0. The molecule has 2 fully saturated rings. The molecule has 3 atom stereocenters. The van der Waals surface area contributed by atoms with Crippen LogP contribution in [0, 0.1) is 17.8 Å². The maximum atomic E-state index is 11.2. The predicted octanol–water partition coefficient (Wildman–Crippen LogP) is 2.60. The zero-order valence-electron chi connectivity index (χ0n) is 8.33. The zero-order chi connectivity index (χ0) is 9.71. The van der Waals surface area contributed by atoms with E-state index in [1.54, 1.807) is 0 Å². The van der Waals surface area contributed by atoms with Crippen molar-refractivity contribution in [2.75, 3.05) is 0 Å². The summed E-state index contributed by atoms with van der Waals surface area (Å²) in [4.78, 5) is 11.2. The molecular formula is C12H16O2. The number of fused-ring (bicyclic) bond motifs is 3. The Hall–Kier alpha value is -0.790. The molecule has 0 heterocycles. The first-order chi connectivity index (χ1) is 6.79. The number of rotatable bonds is 1. The Balaban J connectivity index is 2.00. The van der Waals surface area contributed by atoms with Crippen molar-refractivity contribution < 1.29 is 9.90 Å². The molecule has 0 aliphatic heterocycles. The predicted molar refractivity (Wildman–Crippen MR) is 52.8 cm³/mol. The van der Waals surface area contributed by atoms with Crippen LogP contribution >= 0.6 is 0 Å². The quantitative estimate of drug-likeness (QED) is 0.693. The van der Waals surface area contributed by atoms with Gasteiger partial charge in [-0.1, -0.05) is 12.0 Å². The summed E-state index contributed by atoms with van der Waals surface area (Å²) >= 11 is 0. The topological polar surface area (TPSA) is 37.3 Å². The van der Waals surface area contributed by atoms with Gasteiger partial charge in [0, 0.05) is 5.57 Å². The second-order valence-electron chi connectivity index (χ2n) is 4.94. The van der Waals surface area contributed by atoms with Gasteiger partial charge in [-0.3, -0.25) is 0 Å². The normalized spacial score (nSPS) is 40.1. The van der Waals surface area contributed by atoms with Crippen LogP contribution in [0.25, 0.3) is 0 Å². The fraction of sp³-hybridized carbons (Fsp3) is 0.750. The zero-order valence-corrected chi connectivity index (χ0v) is 8.33. The van der Waals surface area contributed by atoms with E-state index in [1.165, 1.54) is 31.3 Å². The van der Waals surface area contributed by atoms with Crippen molar-refractivity contribution in [2.45, 2.75) is 38.5 Å². The van der Waals surface area contributed by atoms with Crippen LogP contribution in [-0.4, -0.2) is 11.1 Å². The van der Waals surface area contributed by atoms with Gasteiger partial charge in [0.25, 0.3) is 0 Å². The molecule has 2 saturated carbocycles. The lowest BCUT2D eigenvalue weighted by atomic mass is 9.68. The van der Waals surface area contributed by atoms with Crippen LogP contribution in [0.5, 0.6) is 0 Å². The van der Waals surface area contributed by atoms with E-state index in [0.717, 1.165) is 24.3 Å². The van der Waals surface area contributed by atoms with E-state index in [4.69, 9.17) is 0 Å². The average molecular weight is 192 g/mol. The molecule has 2 heteroatoms. The smallest absolute Gasteiger partial charge is 0.331 e. The summed E-state index contributed by atoms with van der Waals surface area (Å²) in [5.41, 5.74) is 2.15. The first kappa shape index (κ1) is 8.51. The lowest BCUT2D eigenvalue weighted by molar-refractivity contribution is -0.133. The number of carboxylic acids is 1. The molecule has 3 unspecified atom stereocenters. The first-order valence-corrected chi connectivity index (χ1v) is 5.75. The minimum absolute atomic E-state index is 0.436. The Morgan fingerprint density at radius 2 is 2.00 bits per heavy atom. The lowest BCUT2D eigenvalue weighted by Crippen LogP contribution is -2.29. The number of carboxylic acid groups (broad SMARTS) is 1. The van der Waals surface area contributed by atoms with Crippen LogP contribution in [0.2, 0.25) is 0 Å². The van der Waals surface area contributed by atoms with Crippen molar-refractivity contribution in [1.82, 2.24) is 0 Å². The van der Waals surface area contributed by atoms with Gasteiger partial charge in [-0.2, -0.15) is 0 Å². The molecule has 14 heavy (non-hydrogen) atoms. The summed E-state index contributed by atoms with van der Waals surface area (Å²) in [7, 11) is 0. The second-order valence-corrected chi connectivity index (χ2v) is 4.94. The van der Waals surface area contributed by atoms with Gasteiger partial charge in [0.15, 0.2) is 0 Å². The van der Waals surface area contributed by atoms with Crippen molar-refractivity contribution >= 4 is 5.97 Å². The summed E-state index contributed by atoms with van der Waals surface area (Å²) in [5, 5.41) is 9.22. The van der Waals surface area contributed by atoms with E-state index >= 15 is 0 Å². The Labute approximate surface area is 84.0 Å². The number of aliphatic carboxylic acids is 1. The molecule has 76 valence electrons. The second kappa shape index (κ2) is 2.85. The van der Waals surface area contributed by atoms with E-state index in [0.29, 0.717) is 11.8 Å². The van der Waals surface area contributed by atoms with Crippen LogP contribution in [0.3, 0.4) is 0 Å². The maximum absolute atomic E-state index is 11.2. The molecule has 0 bridgehead atoms. The lowest BCUT2D eigenvalue weighted by Gasteiger charge is -2.36. The third-order valence-corrected chi connectivity index (χ3v) is 4.45. The van der Waals surface area contributed by atoms with Gasteiger partial charge < -0.3 is 5.11 Å². The van der Waals surface area contributed by atoms with E-state index in [2.05, 4.69) is 0 Å². The molecule has 0 saturated heterocycles. The third kappa shape index (κ3) is 0.943. The Morgan fingerprint density at radius 1 is 1.14 bits per heavy atom. The molecule has 3 rings (SSSR count). The standard InChI is InChI=1S/C12H16O2/c13-12(14)11-9-4-2-1-3-7(9)8-5-6-10(8)11/h7-8,10H,1-6H2,(H,13,14). The largest absolute Gasteiger partial charge is 0.478 e. The minimum atomic E-state index is -0.626. The molecular weight excluding hydrogens is 176 g/mol. The number of hydrogen-bond donors (Lipinski definition) is 1.